The highest BCUT2D eigenvalue weighted by Crippen LogP contribution is 2.22. The lowest BCUT2D eigenvalue weighted by molar-refractivity contribution is 0.686. The first-order valence-corrected chi connectivity index (χ1v) is 5.81. The number of nitrogens with two attached hydrogens (primary N) is 1. The van der Waals surface area contributed by atoms with Gasteiger partial charge in [0, 0.05) is 9.75 Å². The molecule has 1 heterocycles. The highest BCUT2D eigenvalue weighted by atomic mass is 32.1. The molecule has 0 bridgehead atoms. The first-order chi connectivity index (χ1) is 6.24. The number of thiophene rings is 1. The zero-order valence-corrected chi connectivity index (χ0v) is 9.41. The van der Waals surface area contributed by atoms with E-state index in [9.17, 15) is 0 Å². The van der Waals surface area contributed by atoms with Gasteiger partial charge < -0.3 is 5.73 Å². The smallest absolute Gasteiger partial charge is 0.00490 e. The monoisotopic (exact) mass is 197 g/mol. The van der Waals surface area contributed by atoms with Crippen molar-refractivity contribution in [1.82, 2.24) is 0 Å². The van der Waals surface area contributed by atoms with Crippen molar-refractivity contribution in [3.05, 3.63) is 21.4 Å². The maximum atomic E-state index is 5.44. The van der Waals surface area contributed by atoms with E-state index in [0.717, 1.165) is 6.54 Å². The van der Waals surface area contributed by atoms with Crippen LogP contribution >= 0.6 is 11.3 Å². The average molecular weight is 197 g/mol. The van der Waals surface area contributed by atoms with Crippen LogP contribution in [0.15, 0.2) is 6.07 Å². The second kappa shape index (κ2) is 5.40. The van der Waals surface area contributed by atoms with Crippen molar-refractivity contribution >= 4 is 11.3 Å². The first-order valence-electron chi connectivity index (χ1n) is 5.00. The van der Waals surface area contributed by atoms with Crippen molar-refractivity contribution in [2.24, 2.45) is 5.73 Å². The van der Waals surface area contributed by atoms with Crippen LogP contribution < -0.4 is 5.73 Å². The van der Waals surface area contributed by atoms with Gasteiger partial charge in [-0.3, -0.25) is 0 Å². The molecule has 0 aliphatic heterocycles. The SMILES string of the molecule is Cc1cc(CCCCCN)c(C)s1. The highest BCUT2D eigenvalue weighted by Gasteiger charge is 2.01. The van der Waals surface area contributed by atoms with E-state index < -0.39 is 0 Å². The van der Waals surface area contributed by atoms with Crippen LogP contribution in [0.4, 0.5) is 0 Å². The lowest BCUT2D eigenvalue weighted by Crippen LogP contribution is -1.98. The van der Waals surface area contributed by atoms with Gasteiger partial charge in [-0.05, 0) is 51.3 Å². The van der Waals surface area contributed by atoms with E-state index in [1.165, 1.54) is 35.4 Å². The zero-order valence-electron chi connectivity index (χ0n) is 8.60. The van der Waals surface area contributed by atoms with Crippen molar-refractivity contribution in [3.63, 3.8) is 0 Å². The molecule has 0 saturated carbocycles. The summed E-state index contributed by atoms with van der Waals surface area (Å²) in [6.45, 7) is 5.23. The second-order valence-electron chi connectivity index (χ2n) is 3.54. The van der Waals surface area contributed by atoms with Crippen LogP contribution in [0.25, 0.3) is 0 Å². The molecule has 1 nitrogen and oxygen atoms in total. The summed E-state index contributed by atoms with van der Waals surface area (Å²) >= 11 is 1.91. The molecule has 0 unspecified atom stereocenters. The maximum Gasteiger partial charge on any atom is 0.00490 e. The number of hydrogen-bond donors (Lipinski definition) is 1. The fourth-order valence-electron chi connectivity index (χ4n) is 1.57. The zero-order chi connectivity index (χ0) is 9.68. The Morgan fingerprint density at radius 3 is 2.54 bits per heavy atom. The predicted molar refractivity (Wildman–Crippen MR) is 60.4 cm³/mol. The molecular formula is C11H19NS. The maximum absolute atomic E-state index is 5.44. The Morgan fingerprint density at radius 2 is 2.00 bits per heavy atom. The Hall–Kier alpha value is -0.340. The molecule has 13 heavy (non-hydrogen) atoms. The van der Waals surface area contributed by atoms with Gasteiger partial charge in [-0.2, -0.15) is 0 Å². The van der Waals surface area contributed by atoms with E-state index in [-0.39, 0.29) is 0 Å². The molecule has 74 valence electrons. The minimum atomic E-state index is 0.835. The minimum Gasteiger partial charge on any atom is -0.330 e. The Labute approximate surface area is 85.0 Å². The molecule has 0 aliphatic rings. The molecule has 0 spiro atoms. The number of rotatable bonds is 5. The fraction of sp³-hybridized carbons (Fsp3) is 0.636. The standard InChI is InChI=1S/C11H19NS/c1-9-8-11(10(2)13-9)6-4-3-5-7-12/h8H,3-7,12H2,1-2H3. The number of unbranched alkanes of at least 4 members (excludes halogenated alkanes) is 2. The van der Waals surface area contributed by atoms with Gasteiger partial charge in [0.2, 0.25) is 0 Å². The number of hydrogen-bond acceptors (Lipinski definition) is 2. The quantitative estimate of drug-likeness (QED) is 0.721. The summed E-state index contributed by atoms with van der Waals surface area (Å²) in [5.74, 6) is 0. The van der Waals surface area contributed by atoms with Gasteiger partial charge in [0.1, 0.15) is 0 Å². The lowest BCUT2D eigenvalue weighted by atomic mass is 10.1. The van der Waals surface area contributed by atoms with Crippen LogP contribution in [0, 0.1) is 13.8 Å². The van der Waals surface area contributed by atoms with Gasteiger partial charge in [0.15, 0.2) is 0 Å². The van der Waals surface area contributed by atoms with Crippen molar-refractivity contribution in [2.75, 3.05) is 6.54 Å². The molecule has 0 radical (unpaired) electrons. The summed E-state index contributed by atoms with van der Waals surface area (Å²) < 4.78 is 0. The van der Waals surface area contributed by atoms with Crippen LogP contribution in [-0.4, -0.2) is 6.54 Å². The molecule has 2 heteroatoms. The topological polar surface area (TPSA) is 26.0 Å². The van der Waals surface area contributed by atoms with Gasteiger partial charge in [0.05, 0.1) is 0 Å². The summed E-state index contributed by atoms with van der Waals surface area (Å²) in [4.78, 5) is 2.93. The Kier molecular flexibility index (Phi) is 4.46. The number of aryl methyl sites for hydroxylation is 3. The largest absolute Gasteiger partial charge is 0.330 e. The van der Waals surface area contributed by atoms with Gasteiger partial charge in [-0.15, -0.1) is 11.3 Å². The Balaban J connectivity index is 2.32. The van der Waals surface area contributed by atoms with Gasteiger partial charge in [-0.1, -0.05) is 6.42 Å². The molecule has 1 aromatic rings. The van der Waals surface area contributed by atoms with E-state index in [1.54, 1.807) is 5.56 Å². The molecule has 1 aromatic heterocycles. The summed E-state index contributed by atoms with van der Waals surface area (Å²) in [5.41, 5.74) is 6.99. The Morgan fingerprint density at radius 1 is 1.23 bits per heavy atom. The third-order valence-electron chi connectivity index (χ3n) is 2.29. The van der Waals surface area contributed by atoms with E-state index in [1.807, 2.05) is 11.3 Å². The predicted octanol–water partition coefficient (Wildman–Crippen LogP) is 3.04. The molecular weight excluding hydrogens is 178 g/mol. The van der Waals surface area contributed by atoms with Gasteiger partial charge in [-0.25, -0.2) is 0 Å². The third kappa shape index (κ3) is 3.49. The fourth-order valence-corrected chi connectivity index (χ4v) is 2.54. The van der Waals surface area contributed by atoms with Crippen molar-refractivity contribution in [2.45, 2.75) is 39.5 Å². The average Bonchev–Trinajstić information content (AvgIpc) is 2.39. The van der Waals surface area contributed by atoms with Crippen molar-refractivity contribution in [3.8, 4) is 0 Å². The molecule has 2 N–H and O–H groups in total. The van der Waals surface area contributed by atoms with E-state index in [0.29, 0.717) is 0 Å². The lowest BCUT2D eigenvalue weighted by Gasteiger charge is -1.99. The van der Waals surface area contributed by atoms with Crippen LogP contribution in [0.5, 0.6) is 0 Å². The van der Waals surface area contributed by atoms with E-state index in [2.05, 4.69) is 19.9 Å². The molecule has 0 amide bonds. The summed E-state index contributed by atoms with van der Waals surface area (Å²) in [7, 11) is 0. The molecule has 0 fully saturated rings. The second-order valence-corrected chi connectivity index (χ2v) is 5.00. The van der Waals surface area contributed by atoms with E-state index in [4.69, 9.17) is 5.73 Å². The van der Waals surface area contributed by atoms with Gasteiger partial charge >= 0.3 is 0 Å². The van der Waals surface area contributed by atoms with Crippen molar-refractivity contribution in [1.29, 1.82) is 0 Å². The van der Waals surface area contributed by atoms with Crippen LogP contribution in [0.2, 0.25) is 0 Å². The van der Waals surface area contributed by atoms with Crippen LogP contribution in [0.3, 0.4) is 0 Å². The molecule has 1 rings (SSSR count). The molecule has 0 aromatic carbocycles. The normalized spacial score (nSPS) is 10.7. The summed E-state index contributed by atoms with van der Waals surface area (Å²) in [5, 5.41) is 0. The minimum absolute atomic E-state index is 0.835. The van der Waals surface area contributed by atoms with Crippen LogP contribution in [-0.2, 0) is 6.42 Å². The van der Waals surface area contributed by atoms with Gasteiger partial charge in [0.25, 0.3) is 0 Å². The first kappa shape index (κ1) is 10.7. The Bertz CT molecular complexity index is 253. The van der Waals surface area contributed by atoms with E-state index >= 15 is 0 Å². The summed E-state index contributed by atoms with van der Waals surface area (Å²) in [6, 6.07) is 2.32. The highest BCUT2D eigenvalue weighted by molar-refractivity contribution is 7.12. The van der Waals surface area contributed by atoms with Crippen molar-refractivity contribution < 1.29 is 0 Å². The van der Waals surface area contributed by atoms with Crippen LogP contribution in [0.1, 0.15) is 34.6 Å². The third-order valence-corrected chi connectivity index (χ3v) is 3.30. The molecule has 0 aliphatic carbocycles. The molecule has 0 saturated heterocycles. The summed E-state index contributed by atoms with van der Waals surface area (Å²) in [6.07, 6.45) is 4.96. The molecule has 0 atom stereocenters.